The summed E-state index contributed by atoms with van der Waals surface area (Å²) in [6.07, 6.45) is 1.31. The quantitative estimate of drug-likeness (QED) is 0.267. The van der Waals surface area contributed by atoms with E-state index >= 15 is 0 Å². The number of aryl methyl sites for hydroxylation is 2. The van der Waals surface area contributed by atoms with Gasteiger partial charge in [-0.15, -0.1) is 0 Å². The minimum atomic E-state index is -0.936. The third-order valence-corrected chi connectivity index (χ3v) is 6.71. The SMILES string of the molecule is Cc1ccc(C)c(NC(=O)COc2c(Br)cc(/C=C3\C(=O)NC(=O)N(c4ccc(F)cc4)C3=O)cc2Br)c1. The first kappa shape index (κ1) is 27.2. The molecule has 1 heterocycles. The van der Waals surface area contributed by atoms with Crippen LogP contribution in [0.1, 0.15) is 16.7 Å². The van der Waals surface area contributed by atoms with Crippen LogP contribution in [-0.2, 0) is 14.4 Å². The van der Waals surface area contributed by atoms with Gasteiger partial charge in [-0.1, -0.05) is 12.1 Å². The lowest BCUT2D eigenvalue weighted by molar-refractivity contribution is -0.122. The highest BCUT2D eigenvalue weighted by atomic mass is 79.9. The largest absolute Gasteiger partial charge is 0.481 e. The lowest BCUT2D eigenvalue weighted by atomic mass is 10.1. The second kappa shape index (κ2) is 11.3. The van der Waals surface area contributed by atoms with E-state index in [2.05, 4.69) is 42.5 Å². The Kier molecular flexibility index (Phi) is 8.08. The average Bonchev–Trinajstić information content (AvgIpc) is 2.84. The molecular weight excluding hydrogens is 625 g/mol. The molecule has 0 aromatic heterocycles. The second-order valence-corrected chi connectivity index (χ2v) is 10.1. The molecule has 0 unspecified atom stereocenters. The number of imide groups is 2. The van der Waals surface area contributed by atoms with Gasteiger partial charge in [-0.25, -0.2) is 14.1 Å². The minimum Gasteiger partial charge on any atom is -0.481 e. The van der Waals surface area contributed by atoms with Crippen LogP contribution >= 0.6 is 31.9 Å². The van der Waals surface area contributed by atoms with Gasteiger partial charge in [0.15, 0.2) is 6.61 Å². The zero-order chi connectivity index (χ0) is 27.6. The van der Waals surface area contributed by atoms with Gasteiger partial charge >= 0.3 is 6.03 Å². The van der Waals surface area contributed by atoms with E-state index in [4.69, 9.17) is 4.74 Å². The van der Waals surface area contributed by atoms with Crippen molar-refractivity contribution in [3.63, 3.8) is 0 Å². The molecule has 0 atom stereocenters. The van der Waals surface area contributed by atoms with E-state index in [1.807, 2.05) is 32.0 Å². The van der Waals surface area contributed by atoms with Crippen molar-refractivity contribution >= 4 is 73.1 Å². The Morgan fingerprint density at radius 3 is 2.34 bits per heavy atom. The molecule has 4 rings (SSSR count). The molecule has 194 valence electrons. The fourth-order valence-electron chi connectivity index (χ4n) is 3.64. The maximum absolute atomic E-state index is 13.3. The van der Waals surface area contributed by atoms with Crippen LogP contribution in [0.2, 0.25) is 0 Å². The number of urea groups is 1. The van der Waals surface area contributed by atoms with Crippen LogP contribution in [0, 0.1) is 19.7 Å². The van der Waals surface area contributed by atoms with Crippen molar-refractivity contribution in [1.29, 1.82) is 0 Å². The van der Waals surface area contributed by atoms with Crippen LogP contribution in [0.5, 0.6) is 5.75 Å². The standard InChI is InChI=1S/C27H20Br2FN3O5/c1-14-3-4-15(2)22(9-14)31-23(34)13-38-24-20(28)11-16(12-21(24)29)10-19-25(35)32-27(37)33(26(19)36)18-7-5-17(30)6-8-18/h3-12H,13H2,1-2H3,(H,31,34)(H,32,35,37)/b19-10+. The summed E-state index contributed by atoms with van der Waals surface area (Å²) in [4.78, 5) is 51.0. The van der Waals surface area contributed by atoms with Gasteiger partial charge in [0.2, 0.25) is 0 Å². The Morgan fingerprint density at radius 2 is 1.68 bits per heavy atom. The summed E-state index contributed by atoms with van der Waals surface area (Å²) >= 11 is 6.79. The molecule has 0 aliphatic carbocycles. The molecule has 3 aromatic rings. The lowest BCUT2D eigenvalue weighted by Crippen LogP contribution is -2.54. The zero-order valence-corrected chi connectivity index (χ0v) is 23.3. The van der Waals surface area contributed by atoms with Crippen LogP contribution in [-0.4, -0.2) is 30.4 Å². The predicted molar refractivity (Wildman–Crippen MR) is 147 cm³/mol. The van der Waals surface area contributed by atoms with E-state index in [0.717, 1.165) is 28.2 Å². The molecule has 1 aliphatic heterocycles. The van der Waals surface area contributed by atoms with Crippen molar-refractivity contribution < 1.29 is 28.3 Å². The number of halogens is 3. The van der Waals surface area contributed by atoms with E-state index in [9.17, 15) is 23.6 Å². The summed E-state index contributed by atoms with van der Waals surface area (Å²) in [6.45, 7) is 3.56. The van der Waals surface area contributed by atoms with Crippen LogP contribution in [0.4, 0.5) is 20.6 Å². The molecule has 0 radical (unpaired) electrons. The Hall–Kier alpha value is -3.83. The molecule has 38 heavy (non-hydrogen) atoms. The smallest absolute Gasteiger partial charge is 0.335 e. The fourth-order valence-corrected chi connectivity index (χ4v) is 5.09. The molecule has 2 N–H and O–H groups in total. The van der Waals surface area contributed by atoms with Crippen LogP contribution in [0.25, 0.3) is 6.08 Å². The van der Waals surface area contributed by atoms with Crippen molar-refractivity contribution in [2.75, 3.05) is 16.8 Å². The summed E-state index contributed by atoms with van der Waals surface area (Å²) in [5.41, 5.74) is 2.87. The van der Waals surface area contributed by atoms with Crippen molar-refractivity contribution in [2.45, 2.75) is 13.8 Å². The van der Waals surface area contributed by atoms with Gasteiger partial charge in [-0.2, -0.15) is 0 Å². The van der Waals surface area contributed by atoms with Gasteiger partial charge in [0.05, 0.1) is 14.6 Å². The third-order valence-electron chi connectivity index (χ3n) is 5.53. The van der Waals surface area contributed by atoms with Gasteiger partial charge in [-0.3, -0.25) is 19.7 Å². The van der Waals surface area contributed by atoms with Crippen molar-refractivity contribution in [2.24, 2.45) is 0 Å². The Morgan fingerprint density at radius 1 is 1.03 bits per heavy atom. The van der Waals surface area contributed by atoms with E-state index in [1.165, 1.54) is 18.2 Å². The molecule has 5 amide bonds. The predicted octanol–water partition coefficient (Wildman–Crippen LogP) is 5.65. The highest BCUT2D eigenvalue weighted by Gasteiger charge is 2.36. The highest BCUT2D eigenvalue weighted by molar-refractivity contribution is 9.11. The maximum Gasteiger partial charge on any atom is 0.335 e. The number of nitrogens with zero attached hydrogens (tertiary/aromatic N) is 1. The fraction of sp³-hybridized carbons (Fsp3) is 0.111. The molecule has 1 aliphatic rings. The molecule has 11 heteroatoms. The van der Waals surface area contributed by atoms with Gasteiger partial charge in [-0.05, 0) is 111 Å². The molecule has 1 saturated heterocycles. The van der Waals surface area contributed by atoms with Crippen molar-refractivity contribution in [3.8, 4) is 5.75 Å². The minimum absolute atomic E-state index is 0.109. The van der Waals surface area contributed by atoms with Gasteiger partial charge in [0.25, 0.3) is 17.7 Å². The lowest BCUT2D eigenvalue weighted by Gasteiger charge is -2.26. The zero-order valence-electron chi connectivity index (χ0n) is 20.1. The van der Waals surface area contributed by atoms with E-state index in [-0.39, 0.29) is 23.8 Å². The second-order valence-electron chi connectivity index (χ2n) is 8.40. The average molecular weight is 645 g/mol. The number of ether oxygens (including phenoxy) is 1. The number of benzene rings is 3. The van der Waals surface area contributed by atoms with Crippen LogP contribution in [0.3, 0.4) is 0 Å². The summed E-state index contributed by atoms with van der Waals surface area (Å²) in [5.74, 6) is -2.27. The highest BCUT2D eigenvalue weighted by Crippen LogP contribution is 2.36. The Labute approximate surface area is 234 Å². The number of hydrogen-bond acceptors (Lipinski definition) is 5. The first-order valence-electron chi connectivity index (χ1n) is 11.2. The van der Waals surface area contributed by atoms with Crippen molar-refractivity contribution in [1.82, 2.24) is 5.32 Å². The number of nitrogens with one attached hydrogen (secondary N) is 2. The molecule has 1 fully saturated rings. The van der Waals surface area contributed by atoms with Gasteiger partial charge < -0.3 is 10.1 Å². The molecule has 0 saturated carbocycles. The Bertz CT molecular complexity index is 1480. The first-order valence-corrected chi connectivity index (χ1v) is 12.8. The number of rotatable bonds is 6. The van der Waals surface area contributed by atoms with Crippen LogP contribution < -0.4 is 20.3 Å². The van der Waals surface area contributed by atoms with Crippen molar-refractivity contribution in [3.05, 3.63) is 91.6 Å². The molecule has 8 nitrogen and oxygen atoms in total. The van der Waals surface area contributed by atoms with E-state index < -0.39 is 23.7 Å². The number of carbonyl (C=O) groups excluding carboxylic acids is 4. The summed E-state index contributed by atoms with van der Waals surface area (Å²) in [6, 6.07) is 12.7. The monoisotopic (exact) mass is 643 g/mol. The molecular formula is C27H20Br2FN3O5. The number of anilines is 2. The van der Waals surface area contributed by atoms with Gasteiger partial charge in [0, 0.05) is 5.69 Å². The number of amides is 5. The first-order chi connectivity index (χ1) is 18.0. The Balaban J connectivity index is 1.52. The summed E-state index contributed by atoms with van der Waals surface area (Å²) in [7, 11) is 0. The number of barbiturate groups is 1. The summed E-state index contributed by atoms with van der Waals surface area (Å²) < 4.78 is 19.9. The molecule has 3 aromatic carbocycles. The van der Waals surface area contributed by atoms with E-state index in [1.54, 1.807) is 12.1 Å². The maximum atomic E-state index is 13.3. The number of hydrogen-bond donors (Lipinski definition) is 2. The van der Waals surface area contributed by atoms with E-state index in [0.29, 0.717) is 25.9 Å². The third kappa shape index (κ3) is 6.00. The normalized spacial score (nSPS) is 14.5. The van der Waals surface area contributed by atoms with Crippen LogP contribution in [0.15, 0.2) is 69.1 Å². The van der Waals surface area contributed by atoms with Gasteiger partial charge in [0.1, 0.15) is 17.1 Å². The summed E-state index contributed by atoms with van der Waals surface area (Å²) in [5, 5.41) is 4.94. The number of carbonyl (C=O) groups is 4. The molecule has 0 bridgehead atoms. The topological polar surface area (TPSA) is 105 Å². The molecule has 0 spiro atoms.